The van der Waals surface area contributed by atoms with Crippen molar-refractivity contribution in [3.05, 3.63) is 41.3 Å². The highest BCUT2D eigenvalue weighted by Crippen LogP contribution is 2.31. The average Bonchev–Trinajstić information content (AvgIpc) is 3.11. The minimum absolute atomic E-state index is 0.00565. The van der Waals surface area contributed by atoms with Gasteiger partial charge in [-0.3, -0.25) is 14.5 Å². The maximum absolute atomic E-state index is 14.5. The summed E-state index contributed by atoms with van der Waals surface area (Å²) in [4.78, 5) is 39.9. The van der Waals surface area contributed by atoms with Gasteiger partial charge in [0.05, 0.1) is 12.1 Å². The Morgan fingerprint density at radius 1 is 1.19 bits per heavy atom. The molecule has 1 aromatic carbocycles. The summed E-state index contributed by atoms with van der Waals surface area (Å²) in [5.41, 5.74) is 1.31. The van der Waals surface area contributed by atoms with Crippen molar-refractivity contribution in [3.8, 4) is 0 Å². The standard InChI is InChI=1S/C23H29FN6O2/c1-4-17(5-2)30-20(31)13-16-14-25-23(27-21(16)30)26-19-12-15(6-7-18(19)24)22(32)29-10-8-28(3)9-11-29/h6-7,12,14,17H,4-5,8-11,13H2,1-3H3,(H,25,26,27). The lowest BCUT2D eigenvalue weighted by Gasteiger charge is -2.32. The van der Waals surface area contributed by atoms with E-state index >= 15 is 0 Å². The minimum atomic E-state index is -0.503. The van der Waals surface area contributed by atoms with Crippen LogP contribution in [0.1, 0.15) is 42.6 Å². The van der Waals surface area contributed by atoms with Gasteiger partial charge in [-0.25, -0.2) is 9.37 Å². The summed E-state index contributed by atoms with van der Waals surface area (Å²) >= 11 is 0. The Bertz CT molecular complexity index is 1020. The Kier molecular flexibility index (Phi) is 6.36. The Balaban J connectivity index is 1.57. The number of nitrogens with zero attached hydrogens (tertiary/aromatic N) is 5. The molecule has 1 aromatic heterocycles. The lowest BCUT2D eigenvalue weighted by molar-refractivity contribution is -0.117. The molecule has 2 aliphatic rings. The van der Waals surface area contributed by atoms with Gasteiger partial charge in [0.25, 0.3) is 5.91 Å². The Morgan fingerprint density at radius 3 is 2.59 bits per heavy atom. The topological polar surface area (TPSA) is 81.7 Å². The van der Waals surface area contributed by atoms with E-state index < -0.39 is 5.82 Å². The molecule has 0 unspecified atom stereocenters. The van der Waals surface area contributed by atoms with Crippen molar-refractivity contribution in [2.45, 2.75) is 39.2 Å². The summed E-state index contributed by atoms with van der Waals surface area (Å²) in [6.07, 6.45) is 3.52. The van der Waals surface area contributed by atoms with Crippen LogP contribution in [0.3, 0.4) is 0 Å². The SMILES string of the molecule is CCC(CC)N1C(=O)Cc2cnc(Nc3cc(C(=O)N4CCN(C)CC4)ccc3F)nc21. The number of likely N-dealkylation sites (N-methyl/N-ethyl adjacent to an activating group) is 1. The monoisotopic (exact) mass is 440 g/mol. The summed E-state index contributed by atoms with van der Waals surface area (Å²) in [6.45, 7) is 6.99. The van der Waals surface area contributed by atoms with Crippen LogP contribution in [0, 0.1) is 5.82 Å². The number of hydrogen-bond donors (Lipinski definition) is 1. The molecule has 1 fully saturated rings. The van der Waals surface area contributed by atoms with E-state index in [1.165, 1.54) is 18.2 Å². The number of aromatic nitrogens is 2. The molecule has 0 atom stereocenters. The first-order valence-corrected chi connectivity index (χ1v) is 11.1. The first kappa shape index (κ1) is 22.1. The molecule has 1 saturated heterocycles. The van der Waals surface area contributed by atoms with Crippen LogP contribution in [0.5, 0.6) is 0 Å². The molecule has 32 heavy (non-hydrogen) atoms. The van der Waals surface area contributed by atoms with Crippen molar-refractivity contribution in [2.75, 3.05) is 43.4 Å². The largest absolute Gasteiger partial charge is 0.336 e. The molecular formula is C23H29FN6O2. The van der Waals surface area contributed by atoms with Gasteiger partial charge in [-0.15, -0.1) is 0 Å². The summed E-state index contributed by atoms with van der Waals surface area (Å²) in [7, 11) is 2.02. The smallest absolute Gasteiger partial charge is 0.254 e. The molecule has 2 amide bonds. The van der Waals surface area contributed by atoms with Gasteiger partial charge in [0, 0.05) is 49.5 Å². The number of benzene rings is 1. The van der Waals surface area contributed by atoms with Crippen LogP contribution >= 0.6 is 0 Å². The number of carbonyl (C=O) groups excluding carboxylic acids is 2. The lowest BCUT2D eigenvalue weighted by atomic mass is 10.1. The van der Waals surface area contributed by atoms with Gasteiger partial charge in [0.2, 0.25) is 11.9 Å². The third-order valence-corrected chi connectivity index (χ3v) is 6.24. The fourth-order valence-electron chi connectivity index (χ4n) is 4.25. The molecule has 9 heteroatoms. The molecule has 0 aliphatic carbocycles. The molecular weight excluding hydrogens is 411 g/mol. The Morgan fingerprint density at radius 2 is 1.91 bits per heavy atom. The van der Waals surface area contributed by atoms with Crippen LogP contribution in [0.25, 0.3) is 0 Å². The molecule has 0 bridgehead atoms. The van der Waals surface area contributed by atoms with E-state index in [-0.39, 0.29) is 35.9 Å². The van der Waals surface area contributed by atoms with Crippen LogP contribution in [0.15, 0.2) is 24.4 Å². The molecule has 1 N–H and O–H groups in total. The number of piperazine rings is 1. The predicted molar refractivity (Wildman–Crippen MR) is 121 cm³/mol. The van der Waals surface area contributed by atoms with Crippen LogP contribution in [-0.4, -0.2) is 70.9 Å². The van der Waals surface area contributed by atoms with Crippen LogP contribution in [-0.2, 0) is 11.2 Å². The van der Waals surface area contributed by atoms with Crippen molar-refractivity contribution >= 4 is 29.3 Å². The van der Waals surface area contributed by atoms with E-state index in [2.05, 4.69) is 20.2 Å². The Labute approximate surface area is 187 Å². The quantitative estimate of drug-likeness (QED) is 0.744. The third kappa shape index (κ3) is 4.29. The summed E-state index contributed by atoms with van der Waals surface area (Å²) < 4.78 is 14.5. The van der Waals surface area contributed by atoms with E-state index in [9.17, 15) is 14.0 Å². The van der Waals surface area contributed by atoms with Gasteiger partial charge in [0.1, 0.15) is 11.6 Å². The second-order valence-corrected chi connectivity index (χ2v) is 8.37. The van der Waals surface area contributed by atoms with Crippen LogP contribution in [0.4, 0.5) is 21.8 Å². The maximum atomic E-state index is 14.5. The number of fused-ring (bicyclic) bond motifs is 1. The molecule has 0 spiro atoms. The van der Waals surface area contributed by atoms with Gasteiger partial charge in [0.15, 0.2) is 0 Å². The van der Waals surface area contributed by atoms with E-state index in [0.29, 0.717) is 24.5 Å². The number of rotatable bonds is 6. The van der Waals surface area contributed by atoms with Crippen LogP contribution < -0.4 is 10.2 Å². The van der Waals surface area contributed by atoms with Crippen molar-refractivity contribution in [2.24, 2.45) is 0 Å². The molecule has 170 valence electrons. The number of carbonyl (C=O) groups is 2. The zero-order chi connectivity index (χ0) is 22.8. The van der Waals surface area contributed by atoms with Gasteiger partial charge >= 0.3 is 0 Å². The first-order chi connectivity index (χ1) is 15.4. The van der Waals surface area contributed by atoms with Gasteiger partial charge < -0.3 is 15.1 Å². The first-order valence-electron chi connectivity index (χ1n) is 11.1. The number of nitrogens with one attached hydrogen (secondary N) is 1. The average molecular weight is 441 g/mol. The van der Waals surface area contributed by atoms with Crippen molar-refractivity contribution < 1.29 is 14.0 Å². The Hall–Kier alpha value is -3.07. The molecule has 2 aliphatic heterocycles. The van der Waals surface area contributed by atoms with E-state index in [4.69, 9.17) is 0 Å². The van der Waals surface area contributed by atoms with E-state index in [1.807, 2.05) is 20.9 Å². The molecule has 8 nitrogen and oxygen atoms in total. The van der Waals surface area contributed by atoms with Crippen molar-refractivity contribution in [3.63, 3.8) is 0 Å². The summed E-state index contributed by atoms with van der Waals surface area (Å²) in [5.74, 6) is 0.147. The summed E-state index contributed by atoms with van der Waals surface area (Å²) in [6, 6.07) is 4.33. The molecule has 0 radical (unpaired) electrons. The zero-order valence-corrected chi connectivity index (χ0v) is 18.8. The molecule has 3 heterocycles. The lowest BCUT2D eigenvalue weighted by Crippen LogP contribution is -2.47. The van der Waals surface area contributed by atoms with E-state index in [0.717, 1.165) is 31.5 Å². The third-order valence-electron chi connectivity index (χ3n) is 6.24. The second-order valence-electron chi connectivity index (χ2n) is 8.37. The number of hydrogen-bond acceptors (Lipinski definition) is 6. The van der Waals surface area contributed by atoms with E-state index in [1.54, 1.807) is 16.0 Å². The minimum Gasteiger partial charge on any atom is -0.336 e. The molecule has 2 aromatic rings. The number of amides is 2. The zero-order valence-electron chi connectivity index (χ0n) is 18.8. The maximum Gasteiger partial charge on any atom is 0.254 e. The molecule has 0 saturated carbocycles. The fraction of sp³-hybridized carbons (Fsp3) is 0.478. The highest BCUT2D eigenvalue weighted by atomic mass is 19.1. The van der Waals surface area contributed by atoms with Crippen LogP contribution in [0.2, 0.25) is 0 Å². The normalized spacial score (nSPS) is 16.6. The van der Waals surface area contributed by atoms with Gasteiger partial charge in [-0.05, 0) is 38.1 Å². The highest BCUT2D eigenvalue weighted by Gasteiger charge is 2.33. The highest BCUT2D eigenvalue weighted by molar-refractivity contribution is 6.00. The number of anilines is 3. The van der Waals surface area contributed by atoms with Crippen molar-refractivity contribution in [1.82, 2.24) is 19.8 Å². The second kappa shape index (κ2) is 9.20. The fourth-order valence-corrected chi connectivity index (χ4v) is 4.25. The summed E-state index contributed by atoms with van der Waals surface area (Å²) in [5, 5.41) is 2.90. The number of halogens is 1. The van der Waals surface area contributed by atoms with Gasteiger partial charge in [-0.2, -0.15) is 4.98 Å². The van der Waals surface area contributed by atoms with Crippen molar-refractivity contribution in [1.29, 1.82) is 0 Å². The van der Waals surface area contributed by atoms with Gasteiger partial charge in [-0.1, -0.05) is 13.8 Å². The predicted octanol–water partition coefficient (Wildman–Crippen LogP) is 2.82. The molecule has 4 rings (SSSR count).